The van der Waals surface area contributed by atoms with Gasteiger partial charge in [0.2, 0.25) is 18.6 Å². The molecule has 2 heterocycles. The summed E-state index contributed by atoms with van der Waals surface area (Å²) in [5.74, 6) is 1.25. The molecule has 9 heteroatoms. The maximum Gasteiger partial charge on any atom is 0.249 e. The Morgan fingerprint density at radius 1 is 1.15 bits per heavy atom. The summed E-state index contributed by atoms with van der Waals surface area (Å²) in [7, 11) is 1.70. The molecule has 0 bridgehead atoms. The van der Waals surface area contributed by atoms with E-state index < -0.39 is 12.1 Å². The number of likely N-dealkylation sites (N-methyl/N-ethyl adjacent to an activating group) is 1. The molecule has 2 amide bonds. The Kier molecular flexibility index (Phi) is 8.16. The fourth-order valence-electron chi connectivity index (χ4n) is 4.93. The Labute approximate surface area is 228 Å². The van der Waals surface area contributed by atoms with E-state index in [0.717, 1.165) is 17.0 Å². The van der Waals surface area contributed by atoms with E-state index in [0.29, 0.717) is 49.0 Å². The predicted octanol–water partition coefficient (Wildman–Crippen LogP) is 4.05. The van der Waals surface area contributed by atoms with Gasteiger partial charge in [-0.25, -0.2) is 0 Å². The number of carbonyl (C=O) groups excluding carboxylic acids is 2. The number of H-pyrrole nitrogens is 1. The molecule has 0 saturated heterocycles. The first-order valence-electron chi connectivity index (χ1n) is 13.6. The smallest absolute Gasteiger partial charge is 0.249 e. The summed E-state index contributed by atoms with van der Waals surface area (Å²) in [5.41, 5.74) is 4.98. The number of amides is 2. The van der Waals surface area contributed by atoms with Crippen molar-refractivity contribution >= 4 is 17.5 Å². The van der Waals surface area contributed by atoms with E-state index >= 15 is 0 Å². The number of aromatic nitrogens is 2. The molecule has 5 rings (SSSR count). The van der Waals surface area contributed by atoms with Crippen LogP contribution in [0.15, 0.2) is 48.5 Å². The minimum atomic E-state index is -0.773. The van der Waals surface area contributed by atoms with Gasteiger partial charge in [0.25, 0.3) is 0 Å². The molecule has 2 atom stereocenters. The SMILES string of the molecule is CCC(OCCc1c(C2CC2)n[nH]c1C)C(=O)N[C@@H](Cc1ccccc1)C(=O)N(C)c1ccc2c(c1)OCO2. The van der Waals surface area contributed by atoms with Crippen LogP contribution in [0.5, 0.6) is 11.5 Å². The minimum Gasteiger partial charge on any atom is -0.454 e. The van der Waals surface area contributed by atoms with Gasteiger partial charge in [0.1, 0.15) is 12.1 Å². The number of rotatable bonds is 12. The van der Waals surface area contributed by atoms with E-state index in [9.17, 15) is 9.59 Å². The standard InChI is InChI=1S/C30H36N4O5/c1-4-25(37-15-14-23-19(2)32-33-28(23)21-10-11-21)29(35)31-24(16-20-8-6-5-7-9-20)30(36)34(3)22-12-13-26-27(17-22)39-18-38-26/h5-9,12-13,17,21,24-25H,4,10-11,14-16,18H2,1-3H3,(H,31,35)(H,32,33)/t24-,25?/m0/s1. The van der Waals surface area contributed by atoms with Crippen LogP contribution in [0, 0.1) is 6.92 Å². The van der Waals surface area contributed by atoms with Crippen LogP contribution in [-0.2, 0) is 27.2 Å². The van der Waals surface area contributed by atoms with Crippen molar-refractivity contribution in [2.45, 2.75) is 64.0 Å². The Morgan fingerprint density at radius 2 is 1.92 bits per heavy atom. The van der Waals surface area contributed by atoms with Gasteiger partial charge in [-0.1, -0.05) is 37.3 Å². The van der Waals surface area contributed by atoms with E-state index in [1.807, 2.05) is 44.2 Å². The number of fused-ring (bicyclic) bond motifs is 1. The molecular formula is C30H36N4O5. The van der Waals surface area contributed by atoms with Gasteiger partial charge in [0, 0.05) is 36.8 Å². The molecule has 1 saturated carbocycles. The molecule has 2 aliphatic rings. The highest BCUT2D eigenvalue weighted by molar-refractivity contribution is 5.99. The van der Waals surface area contributed by atoms with Crippen molar-refractivity contribution in [1.29, 1.82) is 0 Å². The monoisotopic (exact) mass is 532 g/mol. The van der Waals surface area contributed by atoms with Gasteiger partial charge in [-0.15, -0.1) is 0 Å². The van der Waals surface area contributed by atoms with Gasteiger partial charge in [0.05, 0.1) is 12.3 Å². The first-order chi connectivity index (χ1) is 18.9. The summed E-state index contributed by atoms with van der Waals surface area (Å²) >= 11 is 0. The Hall–Kier alpha value is -3.85. The molecule has 39 heavy (non-hydrogen) atoms. The zero-order valence-corrected chi connectivity index (χ0v) is 22.7. The number of aromatic amines is 1. The van der Waals surface area contributed by atoms with Crippen molar-refractivity contribution in [3.63, 3.8) is 0 Å². The highest BCUT2D eigenvalue weighted by Gasteiger charge is 2.31. The van der Waals surface area contributed by atoms with E-state index in [4.69, 9.17) is 14.2 Å². The summed E-state index contributed by atoms with van der Waals surface area (Å²) in [6.45, 7) is 4.49. The first-order valence-corrected chi connectivity index (χ1v) is 13.6. The summed E-state index contributed by atoms with van der Waals surface area (Å²) in [5, 5.41) is 10.5. The number of nitrogens with one attached hydrogen (secondary N) is 2. The Morgan fingerprint density at radius 3 is 2.67 bits per heavy atom. The summed E-state index contributed by atoms with van der Waals surface area (Å²) in [4.78, 5) is 28.6. The van der Waals surface area contributed by atoms with E-state index in [1.165, 1.54) is 18.4 Å². The second-order valence-corrected chi connectivity index (χ2v) is 10.2. The van der Waals surface area contributed by atoms with Crippen LogP contribution in [0.25, 0.3) is 0 Å². The summed E-state index contributed by atoms with van der Waals surface area (Å²) in [6, 6.07) is 14.3. The lowest BCUT2D eigenvalue weighted by Crippen LogP contribution is -2.51. The van der Waals surface area contributed by atoms with Gasteiger partial charge < -0.3 is 24.4 Å². The predicted molar refractivity (Wildman–Crippen MR) is 147 cm³/mol. The molecule has 2 aromatic carbocycles. The second kappa shape index (κ2) is 11.9. The molecule has 3 aromatic rings. The zero-order chi connectivity index (χ0) is 27.4. The molecule has 0 radical (unpaired) electrons. The summed E-state index contributed by atoms with van der Waals surface area (Å²) < 4.78 is 16.9. The van der Waals surface area contributed by atoms with Gasteiger partial charge in [-0.2, -0.15) is 5.10 Å². The van der Waals surface area contributed by atoms with Crippen LogP contribution in [0.1, 0.15) is 54.6 Å². The zero-order valence-electron chi connectivity index (χ0n) is 22.7. The number of hydrogen-bond donors (Lipinski definition) is 2. The maximum atomic E-state index is 13.7. The van der Waals surface area contributed by atoms with Crippen molar-refractivity contribution in [2.24, 2.45) is 0 Å². The molecule has 0 spiro atoms. The topological polar surface area (TPSA) is 106 Å². The third kappa shape index (κ3) is 6.25. The van der Waals surface area contributed by atoms with E-state index in [1.54, 1.807) is 30.1 Å². The number of benzene rings is 2. The fourth-order valence-corrected chi connectivity index (χ4v) is 4.93. The molecule has 206 valence electrons. The van der Waals surface area contributed by atoms with Crippen molar-refractivity contribution in [3.8, 4) is 11.5 Å². The van der Waals surface area contributed by atoms with Crippen LogP contribution in [-0.4, -0.2) is 54.6 Å². The third-order valence-corrected chi connectivity index (χ3v) is 7.38. The van der Waals surface area contributed by atoms with Crippen LogP contribution in [0.3, 0.4) is 0 Å². The molecule has 1 unspecified atom stereocenters. The molecule has 1 aliphatic carbocycles. The first kappa shape index (κ1) is 26.7. The van der Waals surface area contributed by atoms with Gasteiger partial charge in [-0.3, -0.25) is 14.7 Å². The van der Waals surface area contributed by atoms with Crippen LogP contribution < -0.4 is 19.7 Å². The number of ether oxygens (including phenoxy) is 3. The van der Waals surface area contributed by atoms with Crippen molar-refractivity contribution in [1.82, 2.24) is 15.5 Å². The number of anilines is 1. The average molecular weight is 533 g/mol. The lowest BCUT2D eigenvalue weighted by atomic mass is 10.0. The van der Waals surface area contributed by atoms with Crippen molar-refractivity contribution in [3.05, 3.63) is 71.0 Å². The summed E-state index contributed by atoms with van der Waals surface area (Å²) in [6.07, 6.45) is 3.23. The number of nitrogens with zero attached hydrogens (tertiary/aromatic N) is 2. The van der Waals surface area contributed by atoms with Crippen molar-refractivity contribution in [2.75, 3.05) is 25.3 Å². The fraction of sp³-hybridized carbons (Fsp3) is 0.433. The third-order valence-electron chi connectivity index (χ3n) is 7.38. The molecule has 1 aliphatic heterocycles. The lowest BCUT2D eigenvalue weighted by Gasteiger charge is -2.26. The van der Waals surface area contributed by atoms with Gasteiger partial charge in [0.15, 0.2) is 11.5 Å². The van der Waals surface area contributed by atoms with Gasteiger partial charge in [-0.05, 0) is 55.9 Å². The van der Waals surface area contributed by atoms with Gasteiger partial charge >= 0.3 is 0 Å². The van der Waals surface area contributed by atoms with Crippen molar-refractivity contribution < 1.29 is 23.8 Å². The molecule has 9 nitrogen and oxygen atoms in total. The average Bonchev–Trinajstić information content (AvgIpc) is 3.57. The number of carbonyl (C=O) groups is 2. The van der Waals surface area contributed by atoms with Crippen LogP contribution >= 0.6 is 0 Å². The second-order valence-electron chi connectivity index (χ2n) is 10.2. The van der Waals surface area contributed by atoms with E-state index in [-0.39, 0.29) is 18.6 Å². The largest absolute Gasteiger partial charge is 0.454 e. The molecular weight excluding hydrogens is 496 g/mol. The Balaban J connectivity index is 1.26. The minimum absolute atomic E-state index is 0.156. The molecule has 2 N–H and O–H groups in total. The van der Waals surface area contributed by atoms with E-state index in [2.05, 4.69) is 15.5 Å². The van der Waals surface area contributed by atoms with Crippen LogP contribution in [0.2, 0.25) is 0 Å². The highest BCUT2D eigenvalue weighted by Crippen LogP contribution is 2.41. The Bertz CT molecular complexity index is 1300. The molecule has 1 fully saturated rings. The van der Waals surface area contributed by atoms with Crippen LogP contribution in [0.4, 0.5) is 5.69 Å². The molecule has 1 aromatic heterocycles. The highest BCUT2D eigenvalue weighted by atomic mass is 16.7. The number of aryl methyl sites for hydroxylation is 1. The quantitative estimate of drug-likeness (QED) is 0.365. The lowest BCUT2D eigenvalue weighted by molar-refractivity contribution is -0.136. The maximum absolute atomic E-state index is 13.7. The normalized spacial score (nSPS) is 15.6. The number of hydrogen-bond acceptors (Lipinski definition) is 6.